The van der Waals surface area contributed by atoms with E-state index >= 15 is 0 Å². The van der Waals surface area contributed by atoms with Gasteiger partial charge in [0.15, 0.2) is 0 Å². The molecule has 5 nitrogen and oxygen atoms in total. The van der Waals surface area contributed by atoms with Crippen LogP contribution in [0.2, 0.25) is 0 Å². The number of hydrogen-bond donors (Lipinski definition) is 3. The fourth-order valence-corrected chi connectivity index (χ4v) is 1.66. The van der Waals surface area contributed by atoms with E-state index in [2.05, 4.69) is 10.3 Å². The second-order valence-corrected chi connectivity index (χ2v) is 4.49. The Hall–Kier alpha value is -1.59. The molecule has 1 aromatic heterocycles. The molecule has 2 rings (SSSR count). The number of aryl methyl sites for hydroxylation is 1. The molecule has 1 heterocycles. The van der Waals surface area contributed by atoms with Crippen molar-refractivity contribution in [3.05, 3.63) is 24.3 Å². The predicted molar refractivity (Wildman–Crippen MR) is 66.9 cm³/mol. The molecule has 1 aromatic carbocycles. The van der Waals surface area contributed by atoms with Gasteiger partial charge in [0.1, 0.15) is 0 Å². The van der Waals surface area contributed by atoms with Gasteiger partial charge in [0.25, 0.3) is 0 Å². The maximum atomic E-state index is 9.25. The van der Waals surface area contributed by atoms with Gasteiger partial charge in [0.05, 0.1) is 29.8 Å². The van der Waals surface area contributed by atoms with Crippen molar-refractivity contribution in [2.24, 2.45) is 7.05 Å². The SMILES string of the molecule is Cn1c(NC(C)(CO)CO)nc2ccccc21. The highest BCUT2D eigenvalue weighted by molar-refractivity contribution is 5.78. The number of anilines is 1. The molecule has 0 aliphatic heterocycles. The number of aliphatic hydroxyl groups is 2. The maximum Gasteiger partial charge on any atom is 0.204 e. The number of aliphatic hydroxyl groups excluding tert-OH is 2. The van der Waals surface area contributed by atoms with E-state index < -0.39 is 5.54 Å². The summed E-state index contributed by atoms with van der Waals surface area (Å²) in [4.78, 5) is 4.42. The molecule has 0 fully saturated rings. The van der Waals surface area contributed by atoms with Gasteiger partial charge in [-0.3, -0.25) is 0 Å². The largest absolute Gasteiger partial charge is 0.394 e. The van der Waals surface area contributed by atoms with Crippen molar-refractivity contribution < 1.29 is 10.2 Å². The Morgan fingerprint density at radius 2 is 1.94 bits per heavy atom. The molecule has 17 heavy (non-hydrogen) atoms. The lowest BCUT2D eigenvalue weighted by atomic mass is 10.1. The van der Waals surface area contributed by atoms with Crippen LogP contribution in [0, 0.1) is 0 Å². The van der Waals surface area contributed by atoms with Crippen molar-refractivity contribution in [2.75, 3.05) is 18.5 Å². The highest BCUT2D eigenvalue weighted by atomic mass is 16.3. The van der Waals surface area contributed by atoms with E-state index in [1.165, 1.54) is 0 Å². The number of aromatic nitrogens is 2. The van der Waals surface area contributed by atoms with E-state index in [9.17, 15) is 10.2 Å². The Labute approximate surface area is 99.7 Å². The number of hydrogen-bond acceptors (Lipinski definition) is 4. The van der Waals surface area contributed by atoms with Gasteiger partial charge in [0.2, 0.25) is 5.95 Å². The minimum atomic E-state index is -0.769. The second-order valence-electron chi connectivity index (χ2n) is 4.49. The molecule has 5 heteroatoms. The Morgan fingerprint density at radius 1 is 1.29 bits per heavy atom. The lowest BCUT2D eigenvalue weighted by molar-refractivity contribution is 0.147. The summed E-state index contributed by atoms with van der Waals surface area (Å²) >= 11 is 0. The Kier molecular flexibility index (Phi) is 3.04. The minimum absolute atomic E-state index is 0.160. The van der Waals surface area contributed by atoms with Crippen molar-refractivity contribution in [3.8, 4) is 0 Å². The normalized spacial score (nSPS) is 12.0. The summed E-state index contributed by atoms with van der Waals surface area (Å²) in [5.74, 6) is 0.636. The van der Waals surface area contributed by atoms with Crippen LogP contribution in [-0.2, 0) is 7.05 Å². The van der Waals surface area contributed by atoms with Crippen LogP contribution < -0.4 is 5.32 Å². The van der Waals surface area contributed by atoms with Gasteiger partial charge in [-0.25, -0.2) is 4.98 Å². The van der Waals surface area contributed by atoms with Gasteiger partial charge >= 0.3 is 0 Å². The molecule has 0 amide bonds. The average molecular weight is 235 g/mol. The summed E-state index contributed by atoms with van der Waals surface area (Å²) in [5, 5.41) is 21.6. The first kappa shape index (κ1) is 11.9. The fourth-order valence-electron chi connectivity index (χ4n) is 1.66. The number of rotatable bonds is 4. The van der Waals surface area contributed by atoms with Gasteiger partial charge in [0, 0.05) is 7.05 Å². The van der Waals surface area contributed by atoms with Crippen LogP contribution in [0.4, 0.5) is 5.95 Å². The zero-order valence-corrected chi connectivity index (χ0v) is 10.0. The van der Waals surface area contributed by atoms with Crippen molar-refractivity contribution in [1.82, 2.24) is 9.55 Å². The Morgan fingerprint density at radius 3 is 2.53 bits per heavy atom. The molecule has 0 saturated heterocycles. The molecule has 3 N–H and O–H groups in total. The monoisotopic (exact) mass is 235 g/mol. The van der Waals surface area contributed by atoms with Crippen LogP contribution in [0.5, 0.6) is 0 Å². The molecule has 0 bridgehead atoms. The summed E-state index contributed by atoms with van der Waals surface area (Å²) < 4.78 is 1.90. The maximum absolute atomic E-state index is 9.25. The first-order valence-corrected chi connectivity index (χ1v) is 5.51. The van der Waals surface area contributed by atoms with Crippen LogP contribution >= 0.6 is 0 Å². The number of fused-ring (bicyclic) bond motifs is 1. The molecule has 0 unspecified atom stereocenters. The molecule has 0 radical (unpaired) electrons. The third-order valence-corrected chi connectivity index (χ3v) is 2.90. The first-order chi connectivity index (χ1) is 8.09. The average Bonchev–Trinajstić information content (AvgIpc) is 2.67. The lowest BCUT2D eigenvalue weighted by Crippen LogP contribution is -2.43. The molecule has 0 aliphatic rings. The predicted octanol–water partition coefficient (Wildman–Crippen LogP) is 0.728. The Bertz CT molecular complexity index is 517. The molecule has 0 aliphatic carbocycles. The minimum Gasteiger partial charge on any atom is -0.394 e. The molecule has 2 aromatic rings. The Balaban J connectivity index is 2.39. The topological polar surface area (TPSA) is 70.3 Å². The highest BCUT2D eigenvalue weighted by Crippen LogP contribution is 2.20. The third-order valence-electron chi connectivity index (χ3n) is 2.90. The van der Waals surface area contributed by atoms with E-state index in [1.54, 1.807) is 6.92 Å². The van der Waals surface area contributed by atoms with Gasteiger partial charge in [-0.1, -0.05) is 12.1 Å². The first-order valence-electron chi connectivity index (χ1n) is 5.51. The number of benzene rings is 1. The van der Waals surface area contributed by atoms with E-state index in [0.29, 0.717) is 5.95 Å². The van der Waals surface area contributed by atoms with Crippen LogP contribution in [0.15, 0.2) is 24.3 Å². The highest BCUT2D eigenvalue weighted by Gasteiger charge is 2.24. The zero-order chi connectivity index (χ0) is 12.5. The number of nitrogens with one attached hydrogen (secondary N) is 1. The quantitative estimate of drug-likeness (QED) is 0.730. The molecule has 0 saturated carbocycles. The molecular formula is C12H17N3O2. The van der Waals surface area contributed by atoms with Crippen molar-refractivity contribution >= 4 is 17.0 Å². The summed E-state index contributed by atoms with van der Waals surface area (Å²) in [6, 6.07) is 7.78. The molecular weight excluding hydrogens is 218 g/mol. The number of imidazole rings is 1. The van der Waals surface area contributed by atoms with Crippen LogP contribution in [0.3, 0.4) is 0 Å². The van der Waals surface area contributed by atoms with Crippen LogP contribution in [0.25, 0.3) is 11.0 Å². The zero-order valence-electron chi connectivity index (χ0n) is 10.0. The van der Waals surface area contributed by atoms with Crippen molar-refractivity contribution in [1.29, 1.82) is 0 Å². The second kappa shape index (κ2) is 4.35. The van der Waals surface area contributed by atoms with Crippen LogP contribution in [0.1, 0.15) is 6.92 Å². The van der Waals surface area contributed by atoms with Crippen LogP contribution in [-0.4, -0.2) is 38.5 Å². The smallest absolute Gasteiger partial charge is 0.204 e. The number of nitrogens with zero attached hydrogens (tertiary/aromatic N) is 2. The summed E-state index contributed by atoms with van der Waals surface area (Å²) in [5.41, 5.74) is 1.12. The molecule has 92 valence electrons. The van der Waals surface area contributed by atoms with Gasteiger partial charge in [-0.15, -0.1) is 0 Å². The number of para-hydroxylation sites is 2. The third kappa shape index (κ3) is 2.11. The van der Waals surface area contributed by atoms with Gasteiger partial charge < -0.3 is 20.1 Å². The van der Waals surface area contributed by atoms with E-state index in [1.807, 2.05) is 35.9 Å². The molecule has 0 atom stereocenters. The van der Waals surface area contributed by atoms with Gasteiger partial charge in [-0.2, -0.15) is 0 Å². The fraction of sp³-hybridized carbons (Fsp3) is 0.417. The van der Waals surface area contributed by atoms with Crippen molar-refractivity contribution in [2.45, 2.75) is 12.5 Å². The summed E-state index contributed by atoms with van der Waals surface area (Å²) in [6.07, 6.45) is 0. The van der Waals surface area contributed by atoms with E-state index in [0.717, 1.165) is 11.0 Å². The van der Waals surface area contributed by atoms with E-state index in [-0.39, 0.29) is 13.2 Å². The standard InChI is InChI=1S/C12H17N3O2/c1-12(7-16,8-17)14-11-13-9-5-3-4-6-10(9)15(11)2/h3-6,16-17H,7-8H2,1-2H3,(H,13,14). The lowest BCUT2D eigenvalue weighted by Gasteiger charge is -2.26. The summed E-state index contributed by atoms with van der Waals surface area (Å²) in [6.45, 7) is 1.42. The van der Waals surface area contributed by atoms with Crippen molar-refractivity contribution in [3.63, 3.8) is 0 Å². The summed E-state index contributed by atoms with van der Waals surface area (Å²) in [7, 11) is 1.90. The molecule has 0 spiro atoms. The van der Waals surface area contributed by atoms with E-state index in [4.69, 9.17) is 0 Å². The van der Waals surface area contributed by atoms with Gasteiger partial charge in [-0.05, 0) is 19.1 Å².